The topological polar surface area (TPSA) is 51.6 Å². The molecule has 19 heavy (non-hydrogen) atoms. The summed E-state index contributed by atoms with van der Waals surface area (Å²) in [4.78, 5) is 19.0. The van der Waals surface area contributed by atoms with Crippen molar-refractivity contribution >= 4 is 11.8 Å². The van der Waals surface area contributed by atoms with Gasteiger partial charge in [-0.1, -0.05) is 27.7 Å². The predicted octanol–water partition coefficient (Wildman–Crippen LogP) is 3.84. The molecule has 1 aromatic rings. The number of rotatable bonds is 5. The van der Waals surface area contributed by atoms with E-state index in [9.17, 15) is 4.79 Å². The summed E-state index contributed by atoms with van der Waals surface area (Å²) in [5, 5.41) is 0. The van der Waals surface area contributed by atoms with E-state index in [2.05, 4.69) is 23.8 Å². The molecule has 1 aliphatic carbocycles. The zero-order valence-electron chi connectivity index (χ0n) is 11.9. The first kappa shape index (κ1) is 13.8. The van der Waals surface area contributed by atoms with E-state index in [1.807, 2.05) is 19.9 Å². The van der Waals surface area contributed by atoms with Crippen LogP contribution in [0.25, 0.3) is 0 Å². The Morgan fingerprint density at radius 2 is 2.00 bits per heavy atom. The second-order valence-electron chi connectivity index (χ2n) is 5.61. The molecule has 0 N–H and O–H groups in total. The fourth-order valence-electron chi connectivity index (χ4n) is 1.98. The zero-order chi connectivity index (χ0) is 14.0. The number of carbonyl (C=O) groups excluding carboxylic acids is 1. The fraction of sp³-hybridized carbons (Fsp3) is 0.600. The van der Waals surface area contributed by atoms with Gasteiger partial charge in [0.05, 0.1) is 5.69 Å². The van der Waals surface area contributed by atoms with E-state index in [1.165, 1.54) is 0 Å². The highest BCUT2D eigenvalue weighted by molar-refractivity contribution is 5.59. The van der Waals surface area contributed by atoms with Gasteiger partial charge in [0.25, 0.3) is 0 Å². The first-order valence-corrected chi connectivity index (χ1v) is 6.82. The number of pyridine rings is 1. The third-order valence-electron chi connectivity index (χ3n) is 3.16. The minimum absolute atomic E-state index is 0.187. The molecule has 1 saturated carbocycles. The lowest BCUT2D eigenvalue weighted by molar-refractivity contribution is 0.289. The summed E-state index contributed by atoms with van der Waals surface area (Å²) < 4.78 is 5.79. The summed E-state index contributed by atoms with van der Waals surface area (Å²) in [6.45, 7) is 8.22. The lowest BCUT2D eigenvalue weighted by atomic mass is 9.97. The highest BCUT2D eigenvalue weighted by atomic mass is 16.5. The summed E-state index contributed by atoms with van der Waals surface area (Å²) in [7, 11) is 0. The second-order valence-corrected chi connectivity index (χ2v) is 5.61. The largest absolute Gasteiger partial charge is 0.474 e. The van der Waals surface area contributed by atoms with Crippen molar-refractivity contribution in [2.75, 3.05) is 0 Å². The molecule has 4 heteroatoms. The monoisotopic (exact) mass is 260 g/mol. The Labute approximate surface area is 113 Å². The molecule has 0 saturated heterocycles. The van der Waals surface area contributed by atoms with E-state index in [0.29, 0.717) is 17.7 Å². The fourth-order valence-corrected chi connectivity index (χ4v) is 1.98. The summed E-state index contributed by atoms with van der Waals surface area (Å²) in [6.07, 6.45) is 4.16. The molecule has 0 amide bonds. The van der Waals surface area contributed by atoms with E-state index in [1.54, 1.807) is 6.08 Å². The van der Waals surface area contributed by atoms with Gasteiger partial charge in [0.15, 0.2) is 0 Å². The number of ether oxygens (including phenoxy) is 1. The lowest BCUT2D eigenvalue weighted by Gasteiger charge is -2.17. The minimum Gasteiger partial charge on any atom is -0.474 e. The van der Waals surface area contributed by atoms with Crippen LogP contribution in [-0.2, 0) is 4.79 Å². The van der Waals surface area contributed by atoms with Gasteiger partial charge in [-0.05, 0) is 30.2 Å². The third-order valence-corrected chi connectivity index (χ3v) is 3.16. The van der Waals surface area contributed by atoms with Crippen LogP contribution in [0.2, 0.25) is 0 Å². The molecule has 2 rings (SSSR count). The average molecular weight is 260 g/mol. The average Bonchev–Trinajstić information content (AvgIpc) is 3.14. The number of isocyanates is 1. The molecule has 0 bridgehead atoms. The van der Waals surface area contributed by atoms with Crippen molar-refractivity contribution in [3.8, 4) is 5.88 Å². The molecule has 1 fully saturated rings. The Bertz CT molecular complexity index is 484. The van der Waals surface area contributed by atoms with E-state index in [4.69, 9.17) is 4.74 Å². The summed E-state index contributed by atoms with van der Waals surface area (Å²) >= 11 is 0. The van der Waals surface area contributed by atoms with Crippen LogP contribution in [0, 0.1) is 0 Å². The van der Waals surface area contributed by atoms with E-state index in [-0.39, 0.29) is 11.8 Å². The standard InChI is InChI=1S/C15H20N2O2/c1-9(2)12-7-13(19-11-5-6-11)17-14(10(3)4)15(12)16-8-18/h7,9-11H,5-6H2,1-4H3. The Morgan fingerprint density at radius 1 is 1.32 bits per heavy atom. The first-order chi connectivity index (χ1) is 9.02. The minimum atomic E-state index is 0.187. The molecule has 0 aromatic carbocycles. The normalized spacial score (nSPS) is 14.6. The maximum atomic E-state index is 10.6. The van der Waals surface area contributed by atoms with Crippen molar-refractivity contribution in [2.24, 2.45) is 4.99 Å². The molecular formula is C15H20N2O2. The number of hydrogen-bond donors (Lipinski definition) is 0. The van der Waals surface area contributed by atoms with Crippen molar-refractivity contribution < 1.29 is 9.53 Å². The summed E-state index contributed by atoms with van der Waals surface area (Å²) in [5.74, 6) is 1.10. The van der Waals surface area contributed by atoms with Crippen LogP contribution in [0.1, 0.15) is 63.6 Å². The zero-order valence-corrected chi connectivity index (χ0v) is 11.9. The first-order valence-electron chi connectivity index (χ1n) is 6.82. The Kier molecular flexibility index (Phi) is 4.01. The van der Waals surface area contributed by atoms with Gasteiger partial charge in [-0.2, -0.15) is 4.99 Å². The van der Waals surface area contributed by atoms with Crippen LogP contribution in [0.4, 0.5) is 5.69 Å². The molecule has 0 unspecified atom stereocenters. The molecule has 0 aliphatic heterocycles. The predicted molar refractivity (Wildman–Crippen MR) is 73.8 cm³/mol. The highest BCUT2D eigenvalue weighted by Gasteiger charge is 2.26. The number of aromatic nitrogens is 1. The van der Waals surface area contributed by atoms with Crippen LogP contribution in [0.3, 0.4) is 0 Å². The quantitative estimate of drug-likeness (QED) is 0.597. The molecule has 1 heterocycles. The molecule has 1 aromatic heterocycles. The third kappa shape index (κ3) is 3.21. The van der Waals surface area contributed by atoms with Crippen molar-refractivity contribution in [1.82, 2.24) is 4.98 Å². The van der Waals surface area contributed by atoms with Gasteiger partial charge < -0.3 is 4.74 Å². The van der Waals surface area contributed by atoms with E-state index in [0.717, 1.165) is 24.1 Å². The van der Waals surface area contributed by atoms with Crippen LogP contribution in [0.5, 0.6) is 5.88 Å². The van der Waals surface area contributed by atoms with Crippen LogP contribution < -0.4 is 4.74 Å². The molecule has 0 radical (unpaired) electrons. The molecular weight excluding hydrogens is 240 g/mol. The second kappa shape index (κ2) is 5.54. The number of nitrogens with zero attached hydrogens (tertiary/aromatic N) is 2. The van der Waals surface area contributed by atoms with Crippen LogP contribution >= 0.6 is 0 Å². The van der Waals surface area contributed by atoms with Gasteiger partial charge in [-0.15, -0.1) is 0 Å². The Balaban J connectivity index is 2.52. The van der Waals surface area contributed by atoms with Gasteiger partial charge in [0, 0.05) is 6.07 Å². The maximum Gasteiger partial charge on any atom is 0.240 e. The van der Waals surface area contributed by atoms with Gasteiger partial charge in [0.1, 0.15) is 11.8 Å². The number of aliphatic imine (C=N–C) groups is 1. The van der Waals surface area contributed by atoms with Crippen LogP contribution in [0.15, 0.2) is 11.1 Å². The van der Waals surface area contributed by atoms with Crippen molar-refractivity contribution in [1.29, 1.82) is 0 Å². The van der Waals surface area contributed by atoms with Gasteiger partial charge in [-0.3, -0.25) is 0 Å². The van der Waals surface area contributed by atoms with Crippen LogP contribution in [-0.4, -0.2) is 17.2 Å². The van der Waals surface area contributed by atoms with Gasteiger partial charge in [0.2, 0.25) is 12.0 Å². The van der Waals surface area contributed by atoms with Gasteiger partial charge in [-0.25, -0.2) is 9.78 Å². The Morgan fingerprint density at radius 3 is 2.47 bits per heavy atom. The molecule has 4 nitrogen and oxygen atoms in total. The van der Waals surface area contributed by atoms with Crippen molar-refractivity contribution in [3.63, 3.8) is 0 Å². The maximum absolute atomic E-state index is 10.6. The highest BCUT2D eigenvalue weighted by Crippen LogP contribution is 2.37. The number of hydrogen-bond acceptors (Lipinski definition) is 4. The molecule has 102 valence electrons. The summed E-state index contributed by atoms with van der Waals surface area (Å²) in [5.41, 5.74) is 2.46. The Hall–Kier alpha value is -1.67. The van der Waals surface area contributed by atoms with E-state index < -0.39 is 0 Å². The lowest BCUT2D eigenvalue weighted by Crippen LogP contribution is -2.05. The molecule has 1 aliphatic rings. The van der Waals surface area contributed by atoms with Crippen molar-refractivity contribution in [2.45, 2.75) is 58.5 Å². The van der Waals surface area contributed by atoms with Gasteiger partial charge >= 0.3 is 0 Å². The molecule has 0 spiro atoms. The van der Waals surface area contributed by atoms with Crippen molar-refractivity contribution in [3.05, 3.63) is 17.3 Å². The summed E-state index contributed by atoms with van der Waals surface area (Å²) in [6, 6.07) is 1.91. The molecule has 0 atom stereocenters. The van der Waals surface area contributed by atoms with E-state index >= 15 is 0 Å². The SMILES string of the molecule is CC(C)c1cc(OC2CC2)nc(C(C)C)c1N=C=O. The smallest absolute Gasteiger partial charge is 0.240 e.